The lowest BCUT2D eigenvalue weighted by molar-refractivity contribution is -0.114. The molecule has 0 aromatic heterocycles. The molecule has 3 aromatic carbocycles. The van der Waals surface area contributed by atoms with Gasteiger partial charge in [-0.15, -0.1) is 0 Å². The van der Waals surface area contributed by atoms with Crippen molar-refractivity contribution in [2.75, 3.05) is 40.4 Å². The first-order valence-electron chi connectivity index (χ1n) is 8.57. The number of carbonyl (C=O) groups is 2. The van der Waals surface area contributed by atoms with Gasteiger partial charge in [0.1, 0.15) is 5.75 Å². The Kier molecular flexibility index (Phi) is 4.03. The van der Waals surface area contributed by atoms with E-state index in [9.17, 15) is 9.59 Å². The molecule has 0 aliphatic carbocycles. The number of nitrogens with zero attached hydrogens (tertiary/aromatic N) is 1. The molecule has 0 spiro atoms. The Labute approximate surface area is 161 Å². The first-order valence-corrected chi connectivity index (χ1v) is 8.57. The summed E-state index contributed by atoms with van der Waals surface area (Å²) in [6.07, 6.45) is 0. The second kappa shape index (κ2) is 6.30. The van der Waals surface area contributed by atoms with E-state index in [1.807, 2.05) is 24.3 Å². The second-order valence-electron chi connectivity index (χ2n) is 6.40. The van der Waals surface area contributed by atoms with Crippen LogP contribution >= 0.6 is 0 Å². The Bertz CT molecular complexity index is 1170. The molecule has 0 fully saturated rings. The van der Waals surface area contributed by atoms with E-state index in [4.69, 9.17) is 18.9 Å². The Morgan fingerprint density at radius 3 is 2.07 bits per heavy atom. The van der Waals surface area contributed by atoms with E-state index in [-0.39, 0.29) is 17.1 Å². The van der Waals surface area contributed by atoms with Crippen molar-refractivity contribution in [1.29, 1.82) is 0 Å². The van der Waals surface area contributed by atoms with Gasteiger partial charge < -0.3 is 23.8 Å². The average Bonchev–Trinajstić information content (AvgIpc) is 2.73. The molecule has 4 rings (SSSR count). The number of hydrogen-bond acceptors (Lipinski definition) is 6. The molecule has 7 heteroatoms. The largest absolute Gasteiger partial charge is 0.497 e. The quantitative estimate of drug-likeness (QED) is 0.510. The number of methoxy groups -OCH3 is 4. The van der Waals surface area contributed by atoms with Crippen molar-refractivity contribution in [1.82, 2.24) is 0 Å². The van der Waals surface area contributed by atoms with Crippen LogP contribution in [0.15, 0.2) is 24.3 Å². The van der Waals surface area contributed by atoms with Crippen LogP contribution in [0.1, 0.15) is 10.4 Å². The maximum absolute atomic E-state index is 12.9. The molecule has 1 aliphatic rings. The molecule has 7 nitrogen and oxygen atoms in total. The van der Waals surface area contributed by atoms with Crippen molar-refractivity contribution < 1.29 is 28.5 Å². The Morgan fingerprint density at radius 2 is 1.46 bits per heavy atom. The van der Waals surface area contributed by atoms with E-state index in [0.717, 1.165) is 10.8 Å². The van der Waals surface area contributed by atoms with Gasteiger partial charge in [0.25, 0.3) is 11.7 Å². The van der Waals surface area contributed by atoms with Crippen LogP contribution in [-0.2, 0) is 4.79 Å². The van der Waals surface area contributed by atoms with Gasteiger partial charge in [-0.05, 0) is 29.0 Å². The molecule has 1 heterocycles. The molecule has 0 N–H and O–H groups in total. The predicted molar refractivity (Wildman–Crippen MR) is 105 cm³/mol. The number of ketones is 1. The molecular weight excluding hydrogens is 362 g/mol. The van der Waals surface area contributed by atoms with Gasteiger partial charge in [0.05, 0.1) is 39.7 Å². The van der Waals surface area contributed by atoms with E-state index in [1.165, 1.54) is 26.2 Å². The van der Waals surface area contributed by atoms with Crippen molar-refractivity contribution in [3.05, 3.63) is 29.8 Å². The van der Waals surface area contributed by atoms with E-state index >= 15 is 0 Å². The van der Waals surface area contributed by atoms with Crippen LogP contribution in [0.2, 0.25) is 0 Å². The minimum absolute atomic E-state index is 0.179. The zero-order valence-corrected chi connectivity index (χ0v) is 16.2. The summed E-state index contributed by atoms with van der Waals surface area (Å²) >= 11 is 0. The zero-order chi connectivity index (χ0) is 20.2. The number of amides is 1. The number of anilines is 1. The van der Waals surface area contributed by atoms with Crippen LogP contribution in [0.3, 0.4) is 0 Å². The van der Waals surface area contributed by atoms with E-state index in [0.29, 0.717) is 28.0 Å². The van der Waals surface area contributed by atoms with E-state index in [1.54, 1.807) is 14.2 Å². The maximum atomic E-state index is 12.9. The SMILES string of the molecule is COc1ccc2cc3c4c(c(OC)c(OC)c(OC)c4c2c1)C(=O)C(=O)N3C. The zero-order valence-electron chi connectivity index (χ0n) is 16.2. The third-order valence-corrected chi connectivity index (χ3v) is 5.14. The molecule has 1 aliphatic heterocycles. The van der Waals surface area contributed by atoms with Gasteiger partial charge in [-0.25, -0.2) is 0 Å². The third kappa shape index (κ3) is 2.16. The fourth-order valence-electron chi connectivity index (χ4n) is 3.84. The Morgan fingerprint density at radius 1 is 0.786 bits per heavy atom. The van der Waals surface area contributed by atoms with Gasteiger partial charge in [-0.2, -0.15) is 0 Å². The first kappa shape index (κ1) is 17.9. The van der Waals surface area contributed by atoms with Gasteiger partial charge >= 0.3 is 0 Å². The number of carbonyl (C=O) groups excluding carboxylic acids is 2. The molecule has 0 saturated heterocycles. The number of hydrogen-bond donors (Lipinski definition) is 0. The number of fused-ring (bicyclic) bond motifs is 2. The molecule has 28 heavy (non-hydrogen) atoms. The topological polar surface area (TPSA) is 74.3 Å². The maximum Gasteiger partial charge on any atom is 0.299 e. The molecule has 0 unspecified atom stereocenters. The highest BCUT2D eigenvalue weighted by Gasteiger charge is 2.38. The van der Waals surface area contributed by atoms with Crippen molar-refractivity contribution in [3.8, 4) is 23.0 Å². The fourth-order valence-corrected chi connectivity index (χ4v) is 3.84. The average molecular weight is 381 g/mol. The van der Waals surface area contributed by atoms with Gasteiger partial charge in [-0.1, -0.05) is 6.07 Å². The molecule has 0 bridgehead atoms. The van der Waals surface area contributed by atoms with Crippen LogP contribution in [-0.4, -0.2) is 47.2 Å². The predicted octanol–water partition coefficient (Wildman–Crippen LogP) is 3.19. The Hall–Kier alpha value is -3.48. The summed E-state index contributed by atoms with van der Waals surface area (Å²) < 4.78 is 22.1. The molecule has 0 atom stereocenters. The minimum Gasteiger partial charge on any atom is -0.497 e. The highest BCUT2D eigenvalue weighted by atomic mass is 16.5. The number of benzene rings is 3. The second-order valence-corrected chi connectivity index (χ2v) is 6.40. The lowest BCUT2D eigenvalue weighted by Crippen LogP contribution is -2.37. The summed E-state index contributed by atoms with van der Waals surface area (Å²) in [6.45, 7) is 0. The third-order valence-electron chi connectivity index (χ3n) is 5.14. The molecule has 144 valence electrons. The van der Waals surface area contributed by atoms with Crippen molar-refractivity contribution >= 4 is 38.9 Å². The van der Waals surface area contributed by atoms with Crippen molar-refractivity contribution in [2.45, 2.75) is 0 Å². The smallest absolute Gasteiger partial charge is 0.299 e. The summed E-state index contributed by atoms with van der Waals surface area (Å²) in [5.41, 5.74) is 0.782. The minimum atomic E-state index is -0.653. The van der Waals surface area contributed by atoms with Gasteiger partial charge in [-0.3, -0.25) is 9.59 Å². The molecule has 1 amide bonds. The molecule has 0 radical (unpaired) electrons. The van der Waals surface area contributed by atoms with Crippen molar-refractivity contribution in [3.63, 3.8) is 0 Å². The standard InChI is InChI=1S/C21H19NO6/c1-22-13-8-10-6-7-11(25-2)9-12(10)14-15(13)16(17(23)21(22)24)19(27-4)20(28-5)18(14)26-3/h6-9H,1-5H3. The van der Waals surface area contributed by atoms with E-state index in [2.05, 4.69) is 0 Å². The van der Waals surface area contributed by atoms with Crippen LogP contribution in [0.5, 0.6) is 23.0 Å². The lowest BCUT2D eigenvalue weighted by atomic mass is 9.89. The monoisotopic (exact) mass is 381 g/mol. The van der Waals surface area contributed by atoms with Gasteiger partial charge in [0.2, 0.25) is 5.75 Å². The molecular formula is C21H19NO6. The van der Waals surface area contributed by atoms with Crippen molar-refractivity contribution in [2.24, 2.45) is 0 Å². The number of likely N-dealkylation sites (N-methyl/N-ethyl adjacent to an activating group) is 1. The number of rotatable bonds is 4. The molecule has 3 aromatic rings. The van der Waals surface area contributed by atoms with Gasteiger partial charge in [0, 0.05) is 17.8 Å². The van der Waals surface area contributed by atoms with Crippen LogP contribution in [0.4, 0.5) is 5.69 Å². The fraction of sp³-hybridized carbons (Fsp3) is 0.238. The normalized spacial score (nSPS) is 13.2. The highest BCUT2D eigenvalue weighted by molar-refractivity contribution is 6.53. The van der Waals surface area contributed by atoms with Crippen LogP contribution in [0.25, 0.3) is 21.5 Å². The summed E-state index contributed by atoms with van der Waals surface area (Å²) in [5.74, 6) is 0.245. The number of ether oxygens (including phenoxy) is 4. The van der Waals surface area contributed by atoms with E-state index < -0.39 is 11.7 Å². The number of Topliss-reactive ketones (excluding diaryl/α,β-unsaturated/α-hetero) is 1. The van der Waals surface area contributed by atoms with Crippen LogP contribution in [0, 0.1) is 0 Å². The summed E-state index contributed by atoms with van der Waals surface area (Å²) in [6, 6.07) is 7.48. The Balaban J connectivity index is 2.36. The summed E-state index contributed by atoms with van der Waals surface area (Å²) in [4.78, 5) is 26.9. The molecule has 0 saturated carbocycles. The summed E-state index contributed by atoms with van der Waals surface area (Å²) in [7, 11) is 7.59. The first-order chi connectivity index (χ1) is 13.5. The highest BCUT2D eigenvalue weighted by Crippen LogP contribution is 2.53. The lowest BCUT2D eigenvalue weighted by Gasteiger charge is -2.29. The van der Waals surface area contributed by atoms with Gasteiger partial charge in [0.15, 0.2) is 11.5 Å². The summed E-state index contributed by atoms with van der Waals surface area (Å²) in [5, 5.41) is 2.93. The van der Waals surface area contributed by atoms with Crippen LogP contribution < -0.4 is 23.8 Å².